The van der Waals surface area contributed by atoms with Gasteiger partial charge in [-0.05, 0) is 30.4 Å². The van der Waals surface area contributed by atoms with Crippen LogP contribution in [0.5, 0.6) is 0 Å². The van der Waals surface area contributed by atoms with Crippen LogP contribution >= 0.6 is 0 Å². The fraction of sp³-hybridized carbons (Fsp3) is 0.625. The van der Waals surface area contributed by atoms with Gasteiger partial charge in [-0.25, -0.2) is 0 Å². The summed E-state index contributed by atoms with van der Waals surface area (Å²) in [7, 11) is 0. The van der Waals surface area contributed by atoms with E-state index in [-0.39, 0.29) is 6.04 Å². The van der Waals surface area contributed by atoms with E-state index in [4.69, 9.17) is 5.73 Å². The normalized spacial score (nSPS) is 24.3. The first-order valence-corrected chi connectivity index (χ1v) is 7.27. The van der Waals surface area contributed by atoms with Crippen LogP contribution in [0.25, 0.3) is 0 Å². The molecular formula is C16H26N2. The van der Waals surface area contributed by atoms with Crippen molar-refractivity contribution in [2.24, 2.45) is 11.7 Å². The van der Waals surface area contributed by atoms with Gasteiger partial charge in [-0.2, -0.15) is 0 Å². The number of fused-ring (bicyclic) bond motifs is 1. The van der Waals surface area contributed by atoms with Crippen molar-refractivity contribution in [3.05, 3.63) is 35.4 Å². The number of nitrogens with two attached hydrogens (primary N) is 1. The summed E-state index contributed by atoms with van der Waals surface area (Å²) in [5, 5.41) is 3.79. The molecule has 2 rings (SSSR count). The zero-order chi connectivity index (χ0) is 13.1. The second-order valence-electron chi connectivity index (χ2n) is 5.56. The zero-order valence-corrected chi connectivity index (χ0v) is 11.8. The Kier molecular flexibility index (Phi) is 4.41. The van der Waals surface area contributed by atoms with Crippen molar-refractivity contribution in [2.45, 2.75) is 58.2 Å². The molecule has 0 aliphatic heterocycles. The molecule has 0 saturated heterocycles. The average Bonchev–Trinajstić information content (AvgIpc) is 2.69. The van der Waals surface area contributed by atoms with E-state index in [1.165, 1.54) is 24.0 Å². The fourth-order valence-corrected chi connectivity index (χ4v) is 3.28. The van der Waals surface area contributed by atoms with Gasteiger partial charge in [0.2, 0.25) is 0 Å². The SMILES string of the molecule is CCC(CC)C(C)NC1CC(N)c2ccccc21. The third-order valence-electron chi connectivity index (χ3n) is 4.48. The highest BCUT2D eigenvalue weighted by molar-refractivity contribution is 5.37. The highest BCUT2D eigenvalue weighted by atomic mass is 15.0. The summed E-state index contributed by atoms with van der Waals surface area (Å²) in [6.45, 7) is 6.87. The van der Waals surface area contributed by atoms with Crippen molar-refractivity contribution in [1.29, 1.82) is 0 Å². The van der Waals surface area contributed by atoms with E-state index in [9.17, 15) is 0 Å². The van der Waals surface area contributed by atoms with Crippen molar-refractivity contribution in [2.75, 3.05) is 0 Å². The molecule has 0 bridgehead atoms. The zero-order valence-electron chi connectivity index (χ0n) is 11.8. The van der Waals surface area contributed by atoms with E-state index in [1.807, 2.05) is 0 Å². The molecule has 18 heavy (non-hydrogen) atoms. The molecule has 100 valence electrons. The quantitative estimate of drug-likeness (QED) is 0.834. The molecule has 1 aliphatic rings. The number of nitrogens with one attached hydrogen (secondary N) is 1. The van der Waals surface area contributed by atoms with Crippen molar-refractivity contribution in [3.8, 4) is 0 Å². The van der Waals surface area contributed by atoms with Crippen LogP contribution in [-0.2, 0) is 0 Å². The molecule has 2 heteroatoms. The van der Waals surface area contributed by atoms with Gasteiger partial charge in [-0.3, -0.25) is 0 Å². The number of rotatable bonds is 5. The van der Waals surface area contributed by atoms with Crippen LogP contribution in [0.4, 0.5) is 0 Å². The van der Waals surface area contributed by atoms with E-state index in [0.717, 1.165) is 12.3 Å². The highest BCUT2D eigenvalue weighted by Crippen LogP contribution is 2.37. The largest absolute Gasteiger partial charge is 0.324 e. The summed E-state index contributed by atoms with van der Waals surface area (Å²) in [6, 6.07) is 9.80. The lowest BCUT2D eigenvalue weighted by Crippen LogP contribution is -2.35. The minimum atomic E-state index is 0.201. The Hall–Kier alpha value is -0.860. The van der Waals surface area contributed by atoms with E-state index in [0.29, 0.717) is 12.1 Å². The molecule has 2 nitrogen and oxygen atoms in total. The maximum Gasteiger partial charge on any atom is 0.0344 e. The number of hydrogen-bond donors (Lipinski definition) is 2. The molecule has 0 radical (unpaired) electrons. The molecule has 0 spiro atoms. The smallest absolute Gasteiger partial charge is 0.0344 e. The Balaban J connectivity index is 2.08. The lowest BCUT2D eigenvalue weighted by Gasteiger charge is -2.26. The van der Waals surface area contributed by atoms with E-state index >= 15 is 0 Å². The van der Waals surface area contributed by atoms with Crippen molar-refractivity contribution >= 4 is 0 Å². The summed E-state index contributed by atoms with van der Waals surface area (Å²) < 4.78 is 0. The predicted molar refractivity (Wildman–Crippen MR) is 77.4 cm³/mol. The lowest BCUT2D eigenvalue weighted by atomic mass is 9.94. The van der Waals surface area contributed by atoms with Gasteiger partial charge in [0.15, 0.2) is 0 Å². The van der Waals surface area contributed by atoms with Crippen LogP contribution in [0.15, 0.2) is 24.3 Å². The monoisotopic (exact) mass is 246 g/mol. The van der Waals surface area contributed by atoms with Gasteiger partial charge >= 0.3 is 0 Å². The van der Waals surface area contributed by atoms with E-state index in [2.05, 4.69) is 50.4 Å². The van der Waals surface area contributed by atoms with Gasteiger partial charge in [-0.15, -0.1) is 0 Å². The highest BCUT2D eigenvalue weighted by Gasteiger charge is 2.29. The second kappa shape index (κ2) is 5.85. The van der Waals surface area contributed by atoms with Gasteiger partial charge in [0.25, 0.3) is 0 Å². The Bertz CT molecular complexity index is 384. The van der Waals surface area contributed by atoms with E-state index < -0.39 is 0 Å². The molecular weight excluding hydrogens is 220 g/mol. The molecule has 3 unspecified atom stereocenters. The van der Waals surface area contributed by atoms with Crippen LogP contribution < -0.4 is 11.1 Å². The number of benzene rings is 1. The standard InChI is InChI=1S/C16H26N2/c1-4-12(5-2)11(3)18-16-10-15(17)13-8-6-7-9-14(13)16/h6-9,11-12,15-16,18H,4-5,10,17H2,1-3H3. The van der Waals surface area contributed by atoms with Crippen LogP contribution in [0.3, 0.4) is 0 Å². The minimum Gasteiger partial charge on any atom is -0.324 e. The lowest BCUT2D eigenvalue weighted by molar-refractivity contribution is 0.317. The Labute approximate surface area is 111 Å². The van der Waals surface area contributed by atoms with Gasteiger partial charge < -0.3 is 11.1 Å². The minimum absolute atomic E-state index is 0.201. The summed E-state index contributed by atoms with van der Waals surface area (Å²) in [6.07, 6.45) is 3.51. The average molecular weight is 246 g/mol. The third-order valence-corrected chi connectivity index (χ3v) is 4.48. The second-order valence-corrected chi connectivity index (χ2v) is 5.56. The summed E-state index contributed by atoms with van der Waals surface area (Å²) in [5.74, 6) is 0.758. The Morgan fingerprint density at radius 3 is 2.44 bits per heavy atom. The summed E-state index contributed by atoms with van der Waals surface area (Å²) in [5.41, 5.74) is 8.94. The van der Waals surface area contributed by atoms with Crippen molar-refractivity contribution in [1.82, 2.24) is 5.32 Å². The van der Waals surface area contributed by atoms with Gasteiger partial charge in [-0.1, -0.05) is 51.0 Å². The van der Waals surface area contributed by atoms with Crippen LogP contribution in [0.1, 0.15) is 63.2 Å². The molecule has 1 aromatic carbocycles. The maximum absolute atomic E-state index is 6.21. The molecule has 0 fully saturated rings. The Morgan fingerprint density at radius 1 is 1.22 bits per heavy atom. The predicted octanol–water partition coefficient (Wildman–Crippen LogP) is 3.55. The molecule has 1 aliphatic carbocycles. The van der Waals surface area contributed by atoms with Crippen molar-refractivity contribution in [3.63, 3.8) is 0 Å². The van der Waals surface area contributed by atoms with Crippen LogP contribution in [0.2, 0.25) is 0 Å². The summed E-state index contributed by atoms with van der Waals surface area (Å²) in [4.78, 5) is 0. The molecule has 1 aromatic rings. The molecule has 3 atom stereocenters. The first-order chi connectivity index (χ1) is 8.67. The van der Waals surface area contributed by atoms with Gasteiger partial charge in [0, 0.05) is 18.1 Å². The molecule has 0 saturated carbocycles. The first kappa shape index (κ1) is 13.6. The first-order valence-electron chi connectivity index (χ1n) is 7.27. The third kappa shape index (κ3) is 2.60. The maximum atomic E-state index is 6.21. The molecule has 3 N–H and O–H groups in total. The van der Waals surface area contributed by atoms with Crippen LogP contribution in [0, 0.1) is 5.92 Å². The van der Waals surface area contributed by atoms with Crippen molar-refractivity contribution < 1.29 is 0 Å². The van der Waals surface area contributed by atoms with E-state index in [1.54, 1.807) is 0 Å². The van der Waals surface area contributed by atoms with Gasteiger partial charge in [0.1, 0.15) is 0 Å². The molecule has 0 amide bonds. The summed E-state index contributed by atoms with van der Waals surface area (Å²) >= 11 is 0. The van der Waals surface area contributed by atoms with Crippen LogP contribution in [-0.4, -0.2) is 6.04 Å². The van der Waals surface area contributed by atoms with Gasteiger partial charge in [0.05, 0.1) is 0 Å². The molecule has 0 heterocycles. The Morgan fingerprint density at radius 2 is 1.83 bits per heavy atom. The number of hydrogen-bond acceptors (Lipinski definition) is 2. The molecule has 0 aromatic heterocycles. The fourth-order valence-electron chi connectivity index (χ4n) is 3.28. The topological polar surface area (TPSA) is 38.0 Å².